The molecule has 1 fully saturated rings. The van der Waals surface area contributed by atoms with Crippen molar-refractivity contribution in [3.63, 3.8) is 0 Å². The molecule has 2 unspecified atom stereocenters. The average Bonchev–Trinajstić information content (AvgIpc) is 3.18. The maximum Gasteiger partial charge on any atom is 0.123 e. The van der Waals surface area contributed by atoms with Crippen LogP contribution >= 0.6 is 0 Å². The molecule has 0 amide bonds. The fraction of sp³-hybridized carbons (Fsp3) is 0.278. The molecule has 2 heterocycles. The summed E-state index contributed by atoms with van der Waals surface area (Å²) in [6, 6.07) is 8.98. The van der Waals surface area contributed by atoms with E-state index in [4.69, 9.17) is 0 Å². The molecule has 1 aliphatic carbocycles. The van der Waals surface area contributed by atoms with Crippen LogP contribution in [0.1, 0.15) is 23.5 Å². The number of benzene rings is 1. The summed E-state index contributed by atoms with van der Waals surface area (Å²) in [7, 11) is 0. The van der Waals surface area contributed by atoms with Gasteiger partial charge in [0.25, 0.3) is 0 Å². The number of rotatable bonds is 5. The highest BCUT2D eigenvalue weighted by Crippen LogP contribution is 2.49. The van der Waals surface area contributed by atoms with Crippen LogP contribution in [0, 0.1) is 11.7 Å². The van der Waals surface area contributed by atoms with E-state index in [0.29, 0.717) is 11.8 Å². The van der Waals surface area contributed by atoms with Crippen LogP contribution in [0.3, 0.4) is 0 Å². The molecule has 1 saturated carbocycles. The SMILES string of the molecule is Fc1ccc2[nH]cc(C3CC3CNCc3cccnc3)c2c1. The Bertz CT molecular complexity index is 781. The molecule has 2 aromatic heterocycles. The van der Waals surface area contributed by atoms with Crippen LogP contribution < -0.4 is 5.32 Å². The number of fused-ring (bicyclic) bond motifs is 1. The van der Waals surface area contributed by atoms with Gasteiger partial charge in [-0.25, -0.2) is 4.39 Å². The molecule has 22 heavy (non-hydrogen) atoms. The van der Waals surface area contributed by atoms with Crippen molar-refractivity contribution in [1.82, 2.24) is 15.3 Å². The van der Waals surface area contributed by atoms with Crippen LogP contribution in [0.4, 0.5) is 4.39 Å². The highest BCUT2D eigenvalue weighted by Gasteiger charge is 2.39. The van der Waals surface area contributed by atoms with Crippen LogP contribution in [0.15, 0.2) is 48.9 Å². The monoisotopic (exact) mass is 295 g/mol. The summed E-state index contributed by atoms with van der Waals surface area (Å²) in [6.45, 7) is 1.83. The Morgan fingerprint density at radius 1 is 1.32 bits per heavy atom. The molecule has 2 N–H and O–H groups in total. The number of H-pyrrole nitrogens is 1. The number of hydrogen-bond donors (Lipinski definition) is 2. The summed E-state index contributed by atoms with van der Waals surface area (Å²) < 4.78 is 13.4. The molecule has 0 aliphatic heterocycles. The van der Waals surface area contributed by atoms with Gasteiger partial charge >= 0.3 is 0 Å². The minimum Gasteiger partial charge on any atom is -0.361 e. The van der Waals surface area contributed by atoms with E-state index in [1.165, 1.54) is 23.6 Å². The van der Waals surface area contributed by atoms with E-state index in [2.05, 4.69) is 21.4 Å². The predicted molar refractivity (Wildman–Crippen MR) is 85.0 cm³/mol. The molecule has 4 rings (SSSR count). The Labute approximate surface area is 128 Å². The summed E-state index contributed by atoms with van der Waals surface area (Å²) in [5.74, 6) is 1.01. The van der Waals surface area contributed by atoms with Gasteiger partial charge in [0.1, 0.15) is 5.82 Å². The van der Waals surface area contributed by atoms with Gasteiger partial charge in [0.2, 0.25) is 0 Å². The third-order valence-corrected chi connectivity index (χ3v) is 4.46. The van der Waals surface area contributed by atoms with E-state index in [0.717, 1.165) is 24.0 Å². The third kappa shape index (κ3) is 2.62. The zero-order valence-corrected chi connectivity index (χ0v) is 12.2. The quantitative estimate of drug-likeness (QED) is 0.755. The Kier molecular flexibility index (Phi) is 3.39. The normalized spacial score (nSPS) is 20.4. The van der Waals surface area contributed by atoms with Crippen LogP contribution in [-0.4, -0.2) is 16.5 Å². The van der Waals surface area contributed by atoms with Crippen molar-refractivity contribution < 1.29 is 4.39 Å². The maximum atomic E-state index is 13.4. The Hall–Kier alpha value is -2.20. The molecule has 4 heteroatoms. The predicted octanol–water partition coefficient (Wildman–Crippen LogP) is 3.60. The molecule has 2 atom stereocenters. The van der Waals surface area contributed by atoms with Gasteiger partial charge in [-0.15, -0.1) is 0 Å². The van der Waals surface area contributed by atoms with Crippen molar-refractivity contribution in [3.8, 4) is 0 Å². The summed E-state index contributed by atoms with van der Waals surface area (Å²) in [4.78, 5) is 7.36. The van der Waals surface area contributed by atoms with E-state index in [1.807, 2.05) is 24.5 Å². The molecule has 1 aliphatic rings. The number of aromatic amines is 1. The van der Waals surface area contributed by atoms with Gasteiger partial charge in [0, 0.05) is 36.0 Å². The lowest BCUT2D eigenvalue weighted by Crippen LogP contribution is -2.16. The molecule has 0 spiro atoms. The molecule has 0 radical (unpaired) electrons. The summed E-state index contributed by atoms with van der Waals surface area (Å²) in [5.41, 5.74) is 3.47. The highest BCUT2D eigenvalue weighted by molar-refractivity contribution is 5.84. The van der Waals surface area contributed by atoms with Crippen LogP contribution in [0.25, 0.3) is 10.9 Å². The molecule has 3 nitrogen and oxygen atoms in total. The molecular weight excluding hydrogens is 277 g/mol. The zero-order valence-electron chi connectivity index (χ0n) is 12.2. The first-order valence-corrected chi connectivity index (χ1v) is 7.67. The number of hydrogen-bond acceptors (Lipinski definition) is 2. The largest absolute Gasteiger partial charge is 0.361 e. The first kappa shape index (κ1) is 13.5. The lowest BCUT2D eigenvalue weighted by Gasteiger charge is -2.04. The van der Waals surface area contributed by atoms with Crippen molar-refractivity contribution in [2.45, 2.75) is 18.9 Å². The Morgan fingerprint density at radius 2 is 2.27 bits per heavy atom. The summed E-state index contributed by atoms with van der Waals surface area (Å²) in [5, 5.41) is 4.52. The molecule has 1 aromatic carbocycles. The van der Waals surface area contributed by atoms with Crippen molar-refractivity contribution in [2.24, 2.45) is 5.92 Å². The van der Waals surface area contributed by atoms with Crippen LogP contribution in [0.5, 0.6) is 0 Å². The number of pyridine rings is 1. The highest BCUT2D eigenvalue weighted by atomic mass is 19.1. The number of nitrogens with one attached hydrogen (secondary N) is 2. The van der Waals surface area contributed by atoms with Crippen molar-refractivity contribution in [2.75, 3.05) is 6.54 Å². The number of halogens is 1. The Morgan fingerprint density at radius 3 is 3.14 bits per heavy atom. The lowest BCUT2D eigenvalue weighted by molar-refractivity contribution is 0.625. The smallest absolute Gasteiger partial charge is 0.123 e. The van der Waals surface area contributed by atoms with Gasteiger partial charge < -0.3 is 10.3 Å². The van der Waals surface area contributed by atoms with Crippen LogP contribution in [0.2, 0.25) is 0 Å². The minimum absolute atomic E-state index is 0.166. The molecule has 0 saturated heterocycles. The maximum absolute atomic E-state index is 13.4. The second-order valence-corrected chi connectivity index (χ2v) is 6.03. The second kappa shape index (κ2) is 5.54. The first-order chi connectivity index (χ1) is 10.8. The van der Waals surface area contributed by atoms with Crippen LogP contribution in [-0.2, 0) is 6.54 Å². The molecular formula is C18H18FN3. The van der Waals surface area contributed by atoms with Crippen molar-refractivity contribution in [1.29, 1.82) is 0 Å². The second-order valence-electron chi connectivity index (χ2n) is 6.03. The fourth-order valence-corrected chi connectivity index (χ4v) is 3.18. The number of aromatic nitrogens is 2. The van der Waals surface area contributed by atoms with E-state index < -0.39 is 0 Å². The Balaban J connectivity index is 1.38. The fourth-order valence-electron chi connectivity index (χ4n) is 3.18. The van der Waals surface area contributed by atoms with Gasteiger partial charge in [-0.2, -0.15) is 0 Å². The van der Waals surface area contributed by atoms with E-state index in [1.54, 1.807) is 12.3 Å². The first-order valence-electron chi connectivity index (χ1n) is 7.67. The van der Waals surface area contributed by atoms with Crippen molar-refractivity contribution >= 4 is 10.9 Å². The van der Waals surface area contributed by atoms with E-state index in [9.17, 15) is 4.39 Å². The van der Waals surface area contributed by atoms with Gasteiger partial charge in [-0.05, 0) is 60.2 Å². The topological polar surface area (TPSA) is 40.7 Å². The molecule has 112 valence electrons. The molecule has 3 aromatic rings. The summed E-state index contributed by atoms with van der Waals surface area (Å²) in [6.07, 6.45) is 6.88. The lowest BCUT2D eigenvalue weighted by atomic mass is 10.1. The molecule has 0 bridgehead atoms. The zero-order chi connectivity index (χ0) is 14.9. The van der Waals surface area contributed by atoms with Gasteiger partial charge in [0.05, 0.1) is 0 Å². The van der Waals surface area contributed by atoms with Gasteiger partial charge in [-0.1, -0.05) is 6.07 Å². The third-order valence-electron chi connectivity index (χ3n) is 4.46. The summed E-state index contributed by atoms with van der Waals surface area (Å²) >= 11 is 0. The van der Waals surface area contributed by atoms with Crippen molar-refractivity contribution in [3.05, 3.63) is 65.9 Å². The number of nitrogens with zero attached hydrogens (tertiary/aromatic N) is 1. The van der Waals surface area contributed by atoms with Gasteiger partial charge in [-0.3, -0.25) is 4.98 Å². The standard InChI is InChI=1S/C18H18FN3/c19-14-3-4-18-16(7-14)17(11-22-18)15-6-13(15)10-21-9-12-2-1-5-20-8-12/h1-5,7-8,11,13,15,21-22H,6,9-10H2. The van der Waals surface area contributed by atoms with Gasteiger partial charge in [0.15, 0.2) is 0 Å². The van der Waals surface area contributed by atoms with E-state index >= 15 is 0 Å². The minimum atomic E-state index is -0.166. The average molecular weight is 295 g/mol. The van der Waals surface area contributed by atoms with E-state index in [-0.39, 0.29) is 5.82 Å².